The Hall–Kier alpha value is -4.54. The zero-order valence-electron chi connectivity index (χ0n) is 19.1. The Labute approximate surface area is 200 Å². The van der Waals surface area contributed by atoms with Crippen molar-refractivity contribution in [2.24, 2.45) is 0 Å². The number of carbonyl (C=O) groups is 1. The molecule has 0 saturated heterocycles. The molecule has 0 saturated carbocycles. The predicted molar refractivity (Wildman–Crippen MR) is 124 cm³/mol. The normalized spacial score (nSPS) is 12.9. The molecule has 1 N–H and O–H groups in total. The van der Waals surface area contributed by atoms with Gasteiger partial charge in [-0.15, -0.1) is 15.3 Å². The third-order valence-electron chi connectivity index (χ3n) is 5.26. The summed E-state index contributed by atoms with van der Waals surface area (Å²) < 4.78 is 28.8. The summed E-state index contributed by atoms with van der Waals surface area (Å²) in [6, 6.07) is 16.1. The molecule has 0 bridgehead atoms. The highest BCUT2D eigenvalue weighted by molar-refractivity contribution is 5.80. The summed E-state index contributed by atoms with van der Waals surface area (Å²) >= 11 is 0. The van der Waals surface area contributed by atoms with Gasteiger partial charge >= 0.3 is 0 Å². The summed E-state index contributed by atoms with van der Waals surface area (Å²) in [6.07, 6.45) is -0.700. The maximum atomic E-state index is 12.4. The van der Waals surface area contributed by atoms with Crippen molar-refractivity contribution in [3.63, 3.8) is 0 Å². The van der Waals surface area contributed by atoms with Gasteiger partial charge < -0.3 is 29.0 Å². The van der Waals surface area contributed by atoms with Crippen molar-refractivity contribution in [2.45, 2.75) is 13.0 Å². The topological polar surface area (TPSA) is 118 Å². The van der Waals surface area contributed by atoms with Gasteiger partial charge in [-0.3, -0.25) is 4.79 Å². The largest absolute Gasteiger partial charge is 0.497 e. The molecule has 1 amide bonds. The molecule has 1 aliphatic rings. The maximum Gasteiger partial charge on any atom is 0.260 e. The zero-order valence-corrected chi connectivity index (χ0v) is 19.1. The van der Waals surface area contributed by atoms with E-state index in [1.807, 2.05) is 24.3 Å². The molecule has 1 aliphatic heterocycles. The quantitative estimate of drug-likeness (QED) is 0.363. The molecular formula is C24H23N5O6. The smallest absolute Gasteiger partial charge is 0.260 e. The minimum atomic E-state index is -0.700. The van der Waals surface area contributed by atoms with Crippen molar-refractivity contribution in [3.8, 4) is 40.3 Å². The van der Waals surface area contributed by atoms with E-state index in [1.54, 1.807) is 48.9 Å². The van der Waals surface area contributed by atoms with Crippen molar-refractivity contribution in [1.82, 2.24) is 25.1 Å². The number of hydrogen-bond acceptors (Lipinski definition) is 9. The molecule has 11 heteroatoms. The van der Waals surface area contributed by atoms with Crippen LogP contribution in [-0.4, -0.2) is 58.9 Å². The predicted octanol–water partition coefficient (Wildman–Crippen LogP) is 2.49. The van der Waals surface area contributed by atoms with E-state index >= 15 is 0 Å². The van der Waals surface area contributed by atoms with Crippen LogP contribution >= 0.6 is 0 Å². The van der Waals surface area contributed by atoms with E-state index in [0.29, 0.717) is 34.6 Å². The van der Waals surface area contributed by atoms with Crippen molar-refractivity contribution in [2.75, 3.05) is 27.1 Å². The molecule has 11 nitrogen and oxygen atoms in total. The maximum absolute atomic E-state index is 12.4. The molecule has 1 atom stereocenters. The molecule has 2 aromatic carbocycles. The summed E-state index contributed by atoms with van der Waals surface area (Å²) in [5.41, 5.74) is 1.43. The molecule has 1 unspecified atom stereocenters. The van der Waals surface area contributed by atoms with Crippen LogP contribution in [0.4, 0.5) is 0 Å². The fourth-order valence-electron chi connectivity index (χ4n) is 3.45. The Morgan fingerprint density at radius 3 is 2.69 bits per heavy atom. The Morgan fingerprint density at radius 2 is 1.86 bits per heavy atom. The van der Waals surface area contributed by atoms with E-state index in [-0.39, 0.29) is 25.9 Å². The van der Waals surface area contributed by atoms with Crippen LogP contribution < -0.4 is 29.0 Å². The molecule has 0 fully saturated rings. The minimum Gasteiger partial charge on any atom is -0.497 e. The van der Waals surface area contributed by atoms with Gasteiger partial charge in [0.2, 0.25) is 12.7 Å². The first-order valence-electron chi connectivity index (χ1n) is 10.9. The second-order valence-electron chi connectivity index (χ2n) is 7.61. The molecule has 180 valence electrons. The lowest BCUT2D eigenvalue weighted by molar-refractivity contribution is -0.127. The van der Waals surface area contributed by atoms with Crippen LogP contribution in [0.5, 0.6) is 28.9 Å². The van der Waals surface area contributed by atoms with Crippen molar-refractivity contribution >= 4 is 11.6 Å². The van der Waals surface area contributed by atoms with Crippen LogP contribution in [0.15, 0.2) is 54.6 Å². The Kier molecular flexibility index (Phi) is 6.20. The first-order valence-corrected chi connectivity index (χ1v) is 10.9. The van der Waals surface area contributed by atoms with Gasteiger partial charge in [0, 0.05) is 17.7 Å². The number of methoxy groups -OCH3 is 1. The van der Waals surface area contributed by atoms with Gasteiger partial charge in [-0.1, -0.05) is 0 Å². The standard InChI is InChI=1S/C24H23N5O6/c1-15(35-18-7-8-19-20(13-18)34-14-33-19)24(30)25-11-12-32-22-10-9-21-26-27-23(29(21)28-22)16-3-5-17(31-2)6-4-16/h3-10,13,15H,11-12,14H2,1-2H3,(H,25,30). The lowest BCUT2D eigenvalue weighted by Crippen LogP contribution is -2.38. The fourth-order valence-corrected chi connectivity index (χ4v) is 3.45. The number of carbonyl (C=O) groups excluding carboxylic acids is 1. The number of nitrogens with zero attached hydrogens (tertiary/aromatic N) is 4. The SMILES string of the molecule is COc1ccc(-c2nnc3ccc(OCCNC(=O)C(C)Oc4ccc5c(c4)OCO5)nn23)cc1. The van der Waals surface area contributed by atoms with E-state index in [1.165, 1.54) is 0 Å². The van der Waals surface area contributed by atoms with Gasteiger partial charge in [0.25, 0.3) is 5.91 Å². The number of ether oxygens (including phenoxy) is 5. The van der Waals surface area contributed by atoms with Crippen LogP contribution in [0.2, 0.25) is 0 Å². The third kappa shape index (κ3) is 4.88. The lowest BCUT2D eigenvalue weighted by Gasteiger charge is -2.15. The molecule has 5 rings (SSSR count). The minimum absolute atomic E-state index is 0.177. The Bertz CT molecular complexity index is 1340. The van der Waals surface area contributed by atoms with E-state index in [4.69, 9.17) is 23.7 Å². The van der Waals surface area contributed by atoms with Gasteiger partial charge in [0.1, 0.15) is 18.1 Å². The van der Waals surface area contributed by atoms with Crippen LogP contribution in [0.1, 0.15) is 6.92 Å². The van der Waals surface area contributed by atoms with E-state index in [2.05, 4.69) is 20.6 Å². The van der Waals surface area contributed by atoms with Crippen LogP contribution in [0.3, 0.4) is 0 Å². The van der Waals surface area contributed by atoms with Crippen molar-refractivity contribution in [1.29, 1.82) is 0 Å². The monoisotopic (exact) mass is 477 g/mol. The van der Waals surface area contributed by atoms with Crippen LogP contribution in [0, 0.1) is 0 Å². The summed E-state index contributed by atoms with van der Waals surface area (Å²) in [6.45, 7) is 2.35. The van der Waals surface area contributed by atoms with Crippen molar-refractivity contribution in [3.05, 3.63) is 54.6 Å². The van der Waals surface area contributed by atoms with Crippen LogP contribution in [-0.2, 0) is 4.79 Å². The third-order valence-corrected chi connectivity index (χ3v) is 5.26. The van der Waals surface area contributed by atoms with Gasteiger partial charge in [0.05, 0.1) is 13.7 Å². The highest BCUT2D eigenvalue weighted by Gasteiger charge is 2.18. The summed E-state index contributed by atoms with van der Waals surface area (Å²) in [4.78, 5) is 12.4. The average molecular weight is 477 g/mol. The molecule has 0 radical (unpaired) electrons. The molecule has 3 heterocycles. The number of nitrogens with one attached hydrogen (secondary N) is 1. The first kappa shape index (κ1) is 22.3. The number of hydrogen-bond donors (Lipinski definition) is 1. The highest BCUT2D eigenvalue weighted by Crippen LogP contribution is 2.35. The molecular weight excluding hydrogens is 454 g/mol. The summed E-state index contributed by atoms with van der Waals surface area (Å²) in [7, 11) is 1.61. The second-order valence-corrected chi connectivity index (χ2v) is 7.61. The molecule has 2 aromatic heterocycles. The van der Waals surface area contributed by atoms with Crippen LogP contribution in [0.25, 0.3) is 17.0 Å². The molecule has 0 spiro atoms. The van der Waals surface area contributed by atoms with E-state index in [0.717, 1.165) is 11.3 Å². The summed E-state index contributed by atoms with van der Waals surface area (Å²) in [5.74, 6) is 3.21. The number of amides is 1. The second kappa shape index (κ2) is 9.75. The molecule has 4 aromatic rings. The van der Waals surface area contributed by atoms with Crippen molar-refractivity contribution < 1.29 is 28.5 Å². The van der Waals surface area contributed by atoms with Gasteiger partial charge in [0.15, 0.2) is 29.1 Å². The van der Waals surface area contributed by atoms with Gasteiger partial charge in [-0.05, 0) is 49.4 Å². The number of fused-ring (bicyclic) bond motifs is 2. The molecule has 0 aliphatic carbocycles. The van der Waals surface area contributed by atoms with Gasteiger partial charge in [-0.25, -0.2) is 0 Å². The number of rotatable bonds is 9. The Balaban J connectivity index is 1.14. The highest BCUT2D eigenvalue weighted by atomic mass is 16.7. The fraction of sp³-hybridized carbons (Fsp3) is 0.250. The zero-order chi connectivity index (χ0) is 24.2. The number of benzene rings is 2. The van der Waals surface area contributed by atoms with E-state index < -0.39 is 6.10 Å². The first-order chi connectivity index (χ1) is 17.1. The van der Waals surface area contributed by atoms with Gasteiger partial charge in [-0.2, -0.15) is 4.52 Å². The average Bonchev–Trinajstić information content (AvgIpc) is 3.53. The number of aromatic nitrogens is 4. The lowest BCUT2D eigenvalue weighted by atomic mass is 10.2. The summed E-state index contributed by atoms with van der Waals surface area (Å²) in [5, 5.41) is 15.6. The van der Waals surface area contributed by atoms with E-state index in [9.17, 15) is 4.79 Å². The Morgan fingerprint density at radius 1 is 1.06 bits per heavy atom. The molecule has 35 heavy (non-hydrogen) atoms.